The first-order valence-electron chi connectivity index (χ1n) is 6.08. The van der Waals surface area contributed by atoms with E-state index in [2.05, 4.69) is 17.1 Å². The van der Waals surface area contributed by atoms with E-state index in [0.29, 0.717) is 0 Å². The van der Waals surface area contributed by atoms with Crippen molar-refractivity contribution >= 4 is 0 Å². The van der Waals surface area contributed by atoms with Crippen LogP contribution in [0.1, 0.15) is 11.3 Å². The van der Waals surface area contributed by atoms with Crippen LogP contribution in [0.2, 0.25) is 0 Å². The van der Waals surface area contributed by atoms with Gasteiger partial charge in [-0.3, -0.25) is 0 Å². The lowest BCUT2D eigenvalue weighted by atomic mass is 10.0. The highest BCUT2D eigenvalue weighted by atomic mass is 16.5. The van der Waals surface area contributed by atoms with Crippen LogP contribution in [0.5, 0.6) is 5.75 Å². The fraction of sp³-hybridized carbons (Fsp3) is 0.357. The van der Waals surface area contributed by atoms with E-state index in [9.17, 15) is 0 Å². The maximum atomic E-state index is 5.51. The lowest BCUT2D eigenvalue weighted by Crippen LogP contribution is -2.26. The molecule has 0 radical (unpaired) electrons. The summed E-state index contributed by atoms with van der Waals surface area (Å²) in [6.45, 7) is 1.95. The standard InChI is InChI=1S/C14H16N2O2/c1-16-8-7-13-12(9-16)14(18-15-13)10-3-5-11(17-2)6-4-10/h3-6H,7-9H2,1-2H3. The summed E-state index contributed by atoms with van der Waals surface area (Å²) in [5.74, 6) is 1.74. The van der Waals surface area contributed by atoms with Gasteiger partial charge in [-0.15, -0.1) is 0 Å². The smallest absolute Gasteiger partial charge is 0.171 e. The Bertz CT molecular complexity index is 545. The zero-order valence-electron chi connectivity index (χ0n) is 10.6. The van der Waals surface area contributed by atoms with Gasteiger partial charge in [0.1, 0.15) is 5.75 Å². The molecule has 0 saturated carbocycles. The van der Waals surface area contributed by atoms with Gasteiger partial charge in [0.25, 0.3) is 0 Å². The fourth-order valence-corrected chi connectivity index (χ4v) is 2.32. The average Bonchev–Trinajstić information content (AvgIpc) is 2.82. The highest BCUT2D eigenvalue weighted by Gasteiger charge is 2.22. The number of benzene rings is 1. The summed E-state index contributed by atoms with van der Waals surface area (Å²) in [7, 11) is 3.79. The number of hydrogen-bond acceptors (Lipinski definition) is 4. The number of methoxy groups -OCH3 is 1. The van der Waals surface area contributed by atoms with Crippen molar-refractivity contribution in [3.8, 4) is 17.1 Å². The van der Waals surface area contributed by atoms with E-state index in [4.69, 9.17) is 9.26 Å². The molecule has 3 rings (SSSR count). The SMILES string of the molecule is COc1ccc(-c2onc3c2CN(C)CC3)cc1. The Labute approximate surface area is 106 Å². The van der Waals surface area contributed by atoms with Crippen molar-refractivity contribution in [3.05, 3.63) is 35.5 Å². The normalized spacial score (nSPS) is 15.4. The Balaban J connectivity index is 1.98. The van der Waals surface area contributed by atoms with E-state index in [1.807, 2.05) is 24.3 Å². The van der Waals surface area contributed by atoms with Crippen LogP contribution in [-0.4, -0.2) is 30.8 Å². The molecule has 1 aliphatic rings. The first kappa shape index (κ1) is 11.3. The number of likely N-dealkylation sites (N-methyl/N-ethyl adjacent to an activating group) is 1. The van der Waals surface area contributed by atoms with Crippen LogP contribution in [-0.2, 0) is 13.0 Å². The van der Waals surface area contributed by atoms with Gasteiger partial charge in [0.05, 0.1) is 12.8 Å². The predicted octanol–water partition coefficient (Wildman–Crippen LogP) is 2.34. The topological polar surface area (TPSA) is 38.5 Å². The number of hydrogen-bond donors (Lipinski definition) is 0. The van der Waals surface area contributed by atoms with Gasteiger partial charge in [-0.05, 0) is 31.3 Å². The minimum atomic E-state index is 0.851. The van der Waals surface area contributed by atoms with Crippen LogP contribution in [0.15, 0.2) is 28.8 Å². The van der Waals surface area contributed by atoms with E-state index >= 15 is 0 Å². The molecule has 0 saturated heterocycles. The van der Waals surface area contributed by atoms with Crippen LogP contribution in [0.25, 0.3) is 11.3 Å². The molecule has 4 heteroatoms. The number of ether oxygens (including phenoxy) is 1. The maximum Gasteiger partial charge on any atom is 0.171 e. The van der Waals surface area contributed by atoms with E-state index in [-0.39, 0.29) is 0 Å². The molecule has 94 valence electrons. The molecule has 0 spiro atoms. The van der Waals surface area contributed by atoms with Crippen molar-refractivity contribution in [2.24, 2.45) is 0 Å². The van der Waals surface area contributed by atoms with Crippen molar-refractivity contribution in [2.45, 2.75) is 13.0 Å². The molecular weight excluding hydrogens is 228 g/mol. The Hall–Kier alpha value is -1.81. The minimum absolute atomic E-state index is 0.851. The van der Waals surface area contributed by atoms with Gasteiger partial charge in [0, 0.05) is 30.6 Å². The molecule has 2 aromatic rings. The van der Waals surface area contributed by atoms with Crippen LogP contribution in [0.3, 0.4) is 0 Å². The Morgan fingerprint density at radius 3 is 2.78 bits per heavy atom. The van der Waals surface area contributed by atoms with Crippen molar-refractivity contribution in [2.75, 3.05) is 20.7 Å². The van der Waals surface area contributed by atoms with Crippen molar-refractivity contribution in [1.29, 1.82) is 0 Å². The van der Waals surface area contributed by atoms with E-state index in [0.717, 1.165) is 42.3 Å². The number of fused-ring (bicyclic) bond motifs is 1. The first-order chi connectivity index (χ1) is 8.78. The van der Waals surface area contributed by atoms with Gasteiger partial charge in [-0.1, -0.05) is 5.16 Å². The Morgan fingerprint density at radius 2 is 2.06 bits per heavy atom. The third-order valence-corrected chi connectivity index (χ3v) is 3.38. The van der Waals surface area contributed by atoms with Gasteiger partial charge in [0.15, 0.2) is 5.76 Å². The molecule has 0 amide bonds. The minimum Gasteiger partial charge on any atom is -0.497 e. The van der Waals surface area contributed by atoms with Gasteiger partial charge in [-0.25, -0.2) is 0 Å². The van der Waals surface area contributed by atoms with Crippen molar-refractivity contribution in [1.82, 2.24) is 10.1 Å². The molecule has 4 nitrogen and oxygen atoms in total. The monoisotopic (exact) mass is 244 g/mol. The molecule has 1 aromatic heterocycles. The zero-order valence-corrected chi connectivity index (χ0v) is 10.6. The summed E-state index contributed by atoms with van der Waals surface area (Å²) in [6.07, 6.45) is 0.964. The molecule has 0 bridgehead atoms. The molecule has 0 N–H and O–H groups in total. The van der Waals surface area contributed by atoms with Gasteiger partial charge >= 0.3 is 0 Å². The predicted molar refractivity (Wildman–Crippen MR) is 68.5 cm³/mol. The van der Waals surface area contributed by atoms with Crippen molar-refractivity contribution < 1.29 is 9.26 Å². The second kappa shape index (κ2) is 4.46. The lowest BCUT2D eigenvalue weighted by molar-refractivity contribution is 0.311. The first-order valence-corrected chi connectivity index (χ1v) is 6.08. The van der Waals surface area contributed by atoms with Crippen LogP contribution in [0.4, 0.5) is 0 Å². The molecule has 0 aliphatic carbocycles. The Morgan fingerprint density at radius 1 is 1.28 bits per heavy atom. The quantitative estimate of drug-likeness (QED) is 0.812. The molecule has 1 aromatic carbocycles. The second-order valence-electron chi connectivity index (χ2n) is 4.65. The Kier molecular flexibility index (Phi) is 2.80. The van der Waals surface area contributed by atoms with Gasteiger partial charge < -0.3 is 14.2 Å². The van der Waals surface area contributed by atoms with Crippen molar-refractivity contribution in [3.63, 3.8) is 0 Å². The van der Waals surface area contributed by atoms with E-state index < -0.39 is 0 Å². The molecule has 18 heavy (non-hydrogen) atoms. The molecule has 0 fully saturated rings. The van der Waals surface area contributed by atoms with E-state index in [1.165, 1.54) is 5.56 Å². The summed E-state index contributed by atoms with van der Waals surface area (Å²) in [4.78, 5) is 2.28. The van der Waals surface area contributed by atoms with Gasteiger partial charge in [-0.2, -0.15) is 0 Å². The van der Waals surface area contributed by atoms with E-state index in [1.54, 1.807) is 7.11 Å². The molecule has 0 unspecified atom stereocenters. The molecule has 1 aliphatic heterocycles. The highest BCUT2D eigenvalue weighted by Crippen LogP contribution is 2.30. The lowest BCUT2D eigenvalue weighted by Gasteiger charge is -2.21. The molecule has 2 heterocycles. The third-order valence-electron chi connectivity index (χ3n) is 3.38. The molecular formula is C14H16N2O2. The largest absolute Gasteiger partial charge is 0.497 e. The zero-order chi connectivity index (χ0) is 12.5. The summed E-state index contributed by atoms with van der Waals surface area (Å²) in [5, 5.41) is 4.18. The molecule has 0 atom stereocenters. The number of rotatable bonds is 2. The highest BCUT2D eigenvalue weighted by molar-refractivity contribution is 5.63. The van der Waals surface area contributed by atoms with Crippen LogP contribution >= 0.6 is 0 Å². The van der Waals surface area contributed by atoms with Gasteiger partial charge in [0.2, 0.25) is 0 Å². The summed E-state index contributed by atoms with van der Waals surface area (Å²) < 4.78 is 10.7. The third kappa shape index (κ3) is 1.88. The van der Waals surface area contributed by atoms with Crippen LogP contribution < -0.4 is 4.74 Å². The second-order valence-corrected chi connectivity index (χ2v) is 4.65. The maximum absolute atomic E-state index is 5.51. The summed E-state index contributed by atoms with van der Waals surface area (Å²) >= 11 is 0. The summed E-state index contributed by atoms with van der Waals surface area (Å²) in [6, 6.07) is 7.90. The number of aromatic nitrogens is 1. The number of nitrogens with zero attached hydrogens (tertiary/aromatic N) is 2. The average molecular weight is 244 g/mol. The fourth-order valence-electron chi connectivity index (χ4n) is 2.32. The summed E-state index contributed by atoms with van der Waals surface area (Å²) in [5.41, 5.74) is 3.37. The van der Waals surface area contributed by atoms with Crippen LogP contribution in [0, 0.1) is 0 Å².